The Bertz CT molecular complexity index is 876. The molecule has 0 aromatic heterocycles. The van der Waals surface area contributed by atoms with Crippen molar-refractivity contribution < 1.29 is 14.4 Å². The van der Waals surface area contributed by atoms with E-state index in [2.05, 4.69) is 21.2 Å². The number of nitrogens with two attached hydrogens (primary N) is 1. The number of nitrogens with zero attached hydrogens (tertiary/aromatic N) is 1. The van der Waals surface area contributed by atoms with Gasteiger partial charge in [0.2, 0.25) is 5.91 Å². The van der Waals surface area contributed by atoms with Gasteiger partial charge in [-0.15, -0.1) is 0 Å². The molecule has 6 nitrogen and oxygen atoms in total. The second-order valence-electron chi connectivity index (χ2n) is 6.45. The maximum Gasteiger partial charge on any atom is 0.256 e. The molecule has 3 N–H and O–H groups in total. The smallest absolute Gasteiger partial charge is 0.256 e. The van der Waals surface area contributed by atoms with Crippen LogP contribution in [0.1, 0.15) is 33.6 Å². The number of hydrogen-bond acceptors (Lipinski definition) is 3. The van der Waals surface area contributed by atoms with Crippen LogP contribution in [0.5, 0.6) is 0 Å². The third-order valence-corrected chi connectivity index (χ3v) is 5.40. The van der Waals surface area contributed by atoms with Crippen molar-refractivity contribution in [1.82, 2.24) is 4.90 Å². The summed E-state index contributed by atoms with van der Waals surface area (Å²) >= 11 is 3.36. The van der Waals surface area contributed by atoms with Crippen LogP contribution in [0.2, 0.25) is 0 Å². The Hall–Kier alpha value is -2.67. The van der Waals surface area contributed by atoms with E-state index in [1.54, 1.807) is 47.4 Å². The summed E-state index contributed by atoms with van der Waals surface area (Å²) in [5, 5.41) is 2.82. The van der Waals surface area contributed by atoms with Crippen LogP contribution >= 0.6 is 15.9 Å². The monoisotopic (exact) mass is 429 g/mol. The molecule has 1 fully saturated rings. The molecule has 0 spiro atoms. The SMILES string of the molecule is NC(=O)C1CCN(C(=O)c2ccccc2NC(=O)c2ccccc2Br)CC1. The number of piperidine rings is 1. The zero-order chi connectivity index (χ0) is 19.4. The van der Waals surface area contributed by atoms with Gasteiger partial charge >= 0.3 is 0 Å². The zero-order valence-corrected chi connectivity index (χ0v) is 16.2. The first-order valence-corrected chi connectivity index (χ1v) is 9.50. The molecule has 2 aromatic carbocycles. The average molecular weight is 430 g/mol. The van der Waals surface area contributed by atoms with Gasteiger partial charge < -0.3 is 16.0 Å². The minimum atomic E-state index is -0.316. The highest BCUT2D eigenvalue weighted by atomic mass is 79.9. The quantitative estimate of drug-likeness (QED) is 0.781. The third-order valence-electron chi connectivity index (χ3n) is 4.71. The molecule has 0 aliphatic carbocycles. The molecule has 27 heavy (non-hydrogen) atoms. The van der Waals surface area contributed by atoms with Gasteiger partial charge in [-0.05, 0) is 53.0 Å². The van der Waals surface area contributed by atoms with E-state index in [1.807, 2.05) is 6.07 Å². The molecule has 2 aromatic rings. The van der Waals surface area contributed by atoms with Crippen molar-refractivity contribution in [3.63, 3.8) is 0 Å². The Morgan fingerprint density at radius 1 is 0.963 bits per heavy atom. The summed E-state index contributed by atoms with van der Waals surface area (Å²) in [4.78, 5) is 38.5. The van der Waals surface area contributed by atoms with Crippen LogP contribution < -0.4 is 11.1 Å². The zero-order valence-electron chi connectivity index (χ0n) is 14.7. The fourth-order valence-corrected chi connectivity index (χ4v) is 3.62. The predicted molar refractivity (Wildman–Crippen MR) is 106 cm³/mol. The van der Waals surface area contributed by atoms with Crippen molar-refractivity contribution in [2.24, 2.45) is 11.7 Å². The average Bonchev–Trinajstić information content (AvgIpc) is 2.68. The first-order chi connectivity index (χ1) is 13.0. The highest BCUT2D eigenvalue weighted by molar-refractivity contribution is 9.10. The number of primary amides is 1. The number of benzene rings is 2. The molecule has 140 valence electrons. The van der Waals surface area contributed by atoms with E-state index in [0.717, 1.165) is 0 Å². The van der Waals surface area contributed by atoms with Crippen LogP contribution in [-0.2, 0) is 4.79 Å². The molecule has 0 saturated carbocycles. The maximum absolute atomic E-state index is 12.9. The summed E-state index contributed by atoms with van der Waals surface area (Å²) in [6.07, 6.45) is 1.12. The number of carbonyl (C=O) groups is 3. The van der Waals surface area contributed by atoms with E-state index in [9.17, 15) is 14.4 Å². The molecule has 1 heterocycles. The topological polar surface area (TPSA) is 92.5 Å². The minimum Gasteiger partial charge on any atom is -0.369 e. The molecule has 1 saturated heterocycles. The van der Waals surface area contributed by atoms with Crippen LogP contribution in [0.25, 0.3) is 0 Å². The van der Waals surface area contributed by atoms with Gasteiger partial charge in [0.25, 0.3) is 11.8 Å². The van der Waals surface area contributed by atoms with Gasteiger partial charge in [0.15, 0.2) is 0 Å². The second kappa shape index (κ2) is 8.35. The molecule has 3 rings (SSSR count). The molecule has 1 aliphatic rings. The molecule has 0 atom stereocenters. The lowest BCUT2D eigenvalue weighted by atomic mass is 9.95. The molecule has 3 amide bonds. The molecule has 0 radical (unpaired) electrons. The molecule has 0 bridgehead atoms. The van der Waals surface area contributed by atoms with Crippen molar-refractivity contribution in [2.75, 3.05) is 18.4 Å². The van der Waals surface area contributed by atoms with Gasteiger partial charge in [0, 0.05) is 23.5 Å². The first kappa shape index (κ1) is 19.1. The summed E-state index contributed by atoms with van der Waals surface area (Å²) in [7, 11) is 0. The number of carbonyl (C=O) groups excluding carboxylic acids is 3. The fourth-order valence-electron chi connectivity index (χ4n) is 3.15. The molecular weight excluding hydrogens is 410 g/mol. The number of anilines is 1. The van der Waals surface area contributed by atoms with Crippen molar-refractivity contribution >= 4 is 39.3 Å². The molecule has 0 unspecified atom stereocenters. The maximum atomic E-state index is 12.9. The number of para-hydroxylation sites is 1. The van der Waals surface area contributed by atoms with Gasteiger partial charge in [0.1, 0.15) is 0 Å². The van der Waals surface area contributed by atoms with Gasteiger partial charge in [0.05, 0.1) is 16.8 Å². The lowest BCUT2D eigenvalue weighted by Gasteiger charge is -2.31. The Morgan fingerprint density at radius 3 is 2.19 bits per heavy atom. The van der Waals surface area contributed by atoms with Crippen LogP contribution in [0.15, 0.2) is 53.0 Å². The number of amides is 3. The molecule has 1 aliphatic heterocycles. The molecular formula is C20H20BrN3O3. The normalized spacial score (nSPS) is 14.6. The van der Waals surface area contributed by atoms with Gasteiger partial charge in [-0.3, -0.25) is 14.4 Å². The van der Waals surface area contributed by atoms with Crippen LogP contribution in [0.3, 0.4) is 0 Å². The minimum absolute atomic E-state index is 0.166. The van der Waals surface area contributed by atoms with Gasteiger partial charge in [-0.2, -0.15) is 0 Å². The van der Waals surface area contributed by atoms with E-state index in [0.29, 0.717) is 47.2 Å². The van der Waals surface area contributed by atoms with E-state index >= 15 is 0 Å². The fraction of sp³-hybridized carbons (Fsp3) is 0.250. The highest BCUT2D eigenvalue weighted by Crippen LogP contribution is 2.24. The summed E-state index contributed by atoms with van der Waals surface area (Å²) in [5.41, 5.74) is 6.73. The summed E-state index contributed by atoms with van der Waals surface area (Å²) in [6.45, 7) is 0.942. The summed E-state index contributed by atoms with van der Waals surface area (Å²) in [6, 6.07) is 14.0. The predicted octanol–water partition coefficient (Wildman–Crippen LogP) is 3.04. The first-order valence-electron chi connectivity index (χ1n) is 8.71. The van der Waals surface area contributed by atoms with Crippen LogP contribution in [0, 0.1) is 5.92 Å². The Labute approximate surface area is 165 Å². The number of nitrogens with one attached hydrogen (secondary N) is 1. The number of hydrogen-bond donors (Lipinski definition) is 2. The van der Waals surface area contributed by atoms with E-state index < -0.39 is 0 Å². The van der Waals surface area contributed by atoms with Crippen molar-refractivity contribution in [3.05, 3.63) is 64.1 Å². The van der Waals surface area contributed by atoms with Crippen molar-refractivity contribution in [3.8, 4) is 0 Å². The standard InChI is InChI=1S/C20H20BrN3O3/c21-16-7-3-1-5-14(16)19(26)23-17-8-4-2-6-15(17)20(27)24-11-9-13(10-12-24)18(22)25/h1-8,13H,9-12H2,(H2,22,25)(H,23,26). The Balaban J connectivity index is 1.76. The van der Waals surface area contributed by atoms with Crippen LogP contribution in [0.4, 0.5) is 5.69 Å². The van der Waals surface area contributed by atoms with Gasteiger partial charge in [-0.1, -0.05) is 24.3 Å². The van der Waals surface area contributed by atoms with E-state index in [-0.39, 0.29) is 23.6 Å². The van der Waals surface area contributed by atoms with E-state index in [4.69, 9.17) is 5.73 Å². The highest BCUT2D eigenvalue weighted by Gasteiger charge is 2.27. The summed E-state index contributed by atoms with van der Waals surface area (Å²) < 4.78 is 0.680. The van der Waals surface area contributed by atoms with Crippen LogP contribution in [-0.4, -0.2) is 35.7 Å². The Kier molecular flexibility index (Phi) is 5.91. The Morgan fingerprint density at radius 2 is 1.56 bits per heavy atom. The lowest BCUT2D eigenvalue weighted by molar-refractivity contribution is -0.123. The number of likely N-dealkylation sites (tertiary alicyclic amines) is 1. The third kappa shape index (κ3) is 4.36. The second-order valence-corrected chi connectivity index (χ2v) is 7.30. The molecule has 7 heteroatoms. The van der Waals surface area contributed by atoms with Crippen molar-refractivity contribution in [2.45, 2.75) is 12.8 Å². The van der Waals surface area contributed by atoms with Crippen molar-refractivity contribution in [1.29, 1.82) is 0 Å². The number of rotatable bonds is 4. The lowest BCUT2D eigenvalue weighted by Crippen LogP contribution is -2.42. The number of halogens is 1. The largest absolute Gasteiger partial charge is 0.369 e. The van der Waals surface area contributed by atoms with Gasteiger partial charge in [-0.25, -0.2) is 0 Å². The van der Waals surface area contributed by atoms with E-state index in [1.165, 1.54) is 0 Å². The summed E-state index contributed by atoms with van der Waals surface area (Å²) in [5.74, 6) is -0.960.